The number of benzene rings is 1. The summed E-state index contributed by atoms with van der Waals surface area (Å²) >= 11 is 0. The molecule has 1 aliphatic rings. The lowest BCUT2D eigenvalue weighted by molar-refractivity contribution is 0.222. The van der Waals surface area contributed by atoms with E-state index < -0.39 is 0 Å². The van der Waals surface area contributed by atoms with Crippen molar-refractivity contribution in [1.29, 1.82) is 0 Å². The molecule has 1 aliphatic carbocycles. The van der Waals surface area contributed by atoms with E-state index in [1.165, 1.54) is 37.7 Å². The molecular formula is C15H23N. The van der Waals surface area contributed by atoms with Crippen LogP contribution in [-0.4, -0.2) is 12.6 Å². The fraction of sp³-hybridized carbons (Fsp3) is 0.600. The molecule has 0 aromatic heterocycles. The minimum atomic E-state index is 0.749. The van der Waals surface area contributed by atoms with Crippen molar-refractivity contribution in [1.82, 2.24) is 5.32 Å². The second-order valence-electron chi connectivity index (χ2n) is 4.88. The summed E-state index contributed by atoms with van der Waals surface area (Å²) in [5.74, 6) is 0.948. The zero-order valence-electron chi connectivity index (χ0n) is 10.3. The average Bonchev–Trinajstić information content (AvgIpc) is 2.25. The smallest absolute Gasteiger partial charge is 0.00983 e. The van der Waals surface area contributed by atoms with Gasteiger partial charge in [-0.2, -0.15) is 0 Å². The molecule has 0 radical (unpaired) electrons. The van der Waals surface area contributed by atoms with Gasteiger partial charge in [-0.1, -0.05) is 43.7 Å². The monoisotopic (exact) mass is 217 g/mol. The zero-order valence-corrected chi connectivity index (χ0v) is 10.3. The number of hydrogen-bond donors (Lipinski definition) is 1. The molecule has 1 atom stereocenters. The van der Waals surface area contributed by atoms with Crippen LogP contribution in [0.3, 0.4) is 0 Å². The zero-order chi connectivity index (χ0) is 11.2. The SMILES string of the molecule is CCNC(CCc1ccccc1)C1CCC1. The maximum atomic E-state index is 3.65. The van der Waals surface area contributed by atoms with Crippen molar-refractivity contribution in [3.05, 3.63) is 35.9 Å². The number of aryl methyl sites for hydroxylation is 1. The maximum Gasteiger partial charge on any atom is 0.00983 e. The maximum absolute atomic E-state index is 3.65. The van der Waals surface area contributed by atoms with E-state index in [1.807, 2.05) is 0 Å². The molecule has 1 saturated carbocycles. The van der Waals surface area contributed by atoms with Crippen LogP contribution < -0.4 is 5.32 Å². The van der Waals surface area contributed by atoms with E-state index in [-0.39, 0.29) is 0 Å². The fourth-order valence-corrected chi connectivity index (χ4v) is 2.58. The van der Waals surface area contributed by atoms with Gasteiger partial charge in [0.15, 0.2) is 0 Å². The first-order valence-corrected chi connectivity index (χ1v) is 6.67. The van der Waals surface area contributed by atoms with Crippen molar-refractivity contribution in [2.24, 2.45) is 5.92 Å². The van der Waals surface area contributed by atoms with E-state index >= 15 is 0 Å². The minimum Gasteiger partial charge on any atom is -0.314 e. The summed E-state index contributed by atoms with van der Waals surface area (Å²) in [4.78, 5) is 0. The standard InChI is InChI=1S/C15H23N/c1-2-16-15(14-9-6-10-14)12-11-13-7-4-3-5-8-13/h3-5,7-8,14-16H,2,6,9-12H2,1H3. The van der Waals surface area contributed by atoms with Crippen LogP contribution >= 0.6 is 0 Å². The first-order chi connectivity index (χ1) is 7.90. The molecular weight excluding hydrogens is 194 g/mol. The van der Waals surface area contributed by atoms with Gasteiger partial charge in [0.1, 0.15) is 0 Å². The van der Waals surface area contributed by atoms with Crippen molar-refractivity contribution in [3.63, 3.8) is 0 Å². The Hall–Kier alpha value is -0.820. The molecule has 88 valence electrons. The van der Waals surface area contributed by atoms with Gasteiger partial charge in [-0.05, 0) is 43.7 Å². The van der Waals surface area contributed by atoms with E-state index in [0.717, 1.165) is 18.5 Å². The second kappa shape index (κ2) is 6.05. The van der Waals surface area contributed by atoms with Gasteiger partial charge in [0.05, 0.1) is 0 Å². The molecule has 1 N–H and O–H groups in total. The molecule has 1 aromatic rings. The third-order valence-electron chi connectivity index (χ3n) is 3.77. The summed E-state index contributed by atoms with van der Waals surface area (Å²) < 4.78 is 0. The van der Waals surface area contributed by atoms with Gasteiger partial charge in [-0.15, -0.1) is 0 Å². The summed E-state index contributed by atoms with van der Waals surface area (Å²) in [6, 6.07) is 11.6. The molecule has 1 fully saturated rings. The molecule has 0 saturated heterocycles. The summed E-state index contributed by atoms with van der Waals surface area (Å²) in [6.07, 6.45) is 6.83. The Kier molecular flexibility index (Phi) is 4.41. The molecule has 1 aromatic carbocycles. The van der Waals surface area contributed by atoms with Crippen molar-refractivity contribution in [2.75, 3.05) is 6.54 Å². The van der Waals surface area contributed by atoms with Crippen LogP contribution in [0.25, 0.3) is 0 Å². The lowest BCUT2D eigenvalue weighted by Crippen LogP contribution is -2.39. The van der Waals surface area contributed by atoms with Crippen LogP contribution in [0, 0.1) is 5.92 Å². The third-order valence-corrected chi connectivity index (χ3v) is 3.77. The molecule has 0 heterocycles. The van der Waals surface area contributed by atoms with Gasteiger partial charge < -0.3 is 5.32 Å². The molecule has 0 spiro atoms. The molecule has 2 rings (SSSR count). The normalized spacial score (nSPS) is 18.1. The summed E-state index contributed by atoms with van der Waals surface area (Å²) in [6.45, 7) is 3.32. The molecule has 16 heavy (non-hydrogen) atoms. The Morgan fingerprint density at radius 1 is 1.25 bits per heavy atom. The van der Waals surface area contributed by atoms with E-state index in [0.29, 0.717) is 0 Å². The largest absolute Gasteiger partial charge is 0.314 e. The van der Waals surface area contributed by atoms with Crippen molar-refractivity contribution < 1.29 is 0 Å². The highest BCUT2D eigenvalue weighted by atomic mass is 14.9. The van der Waals surface area contributed by atoms with Crippen LogP contribution in [0.5, 0.6) is 0 Å². The Labute approximate surface area is 99.3 Å². The Balaban J connectivity index is 1.81. The molecule has 1 heteroatoms. The van der Waals surface area contributed by atoms with E-state index in [1.54, 1.807) is 0 Å². The molecule has 1 unspecified atom stereocenters. The first-order valence-electron chi connectivity index (χ1n) is 6.67. The van der Waals surface area contributed by atoms with E-state index in [9.17, 15) is 0 Å². The van der Waals surface area contributed by atoms with Crippen LogP contribution in [0.4, 0.5) is 0 Å². The molecule has 0 amide bonds. The predicted molar refractivity (Wildman–Crippen MR) is 69.6 cm³/mol. The van der Waals surface area contributed by atoms with Crippen LogP contribution in [-0.2, 0) is 6.42 Å². The van der Waals surface area contributed by atoms with Gasteiger partial charge >= 0.3 is 0 Å². The summed E-state index contributed by atoms with van der Waals surface area (Å²) in [5.41, 5.74) is 1.48. The van der Waals surface area contributed by atoms with E-state index in [2.05, 4.69) is 42.6 Å². The van der Waals surface area contributed by atoms with Crippen molar-refractivity contribution in [3.8, 4) is 0 Å². The highest BCUT2D eigenvalue weighted by Crippen LogP contribution is 2.31. The molecule has 0 aliphatic heterocycles. The van der Waals surface area contributed by atoms with Gasteiger partial charge in [-0.3, -0.25) is 0 Å². The van der Waals surface area contributed by atoms with Crippen molar-refractivity contribution >= 4 is 0 Å². The first kappa shape index (κ1) is 11.7. The minimum absolute atomic E-state index is 0.749. The van der Waals surface area contributed by atoms with Gasteiger partial charge in [0, 0.05) is 6.04 Å². The lowest BCUT2D eigenvalue weighted by Gasteiger charge is -2.34. The molecule has 1 nitrogen and oxygen atoms in total. The quantitative estimate of drug-likeness (QED) is 0.770. The number of hydrogen-bond acceptors (Lipinski definition) is 1. The third kappa shape index (κ3) is 3.08. The number of rotatable bonds is 6. The van der Waals surface area contributed by atoms with E-state index in [4.69, 9.17) is 0 Å². The topological polar surface area (TPSA) is 12.0 Å². The van der Waals surface area contributed by atoms with Crippen molar-refractivity contribution in [2.45, 2.75) is 45.1 Å². The summed E-state index contributed by atoms with van der Waals surface area (Å²) in [5, 5.41) is 3.65. The number of nitrogens with one attached hydrogen (secondary N) is 1. The van der Waals surface area contributed by atoms with Gasteiger partial charge in [0.25, 0.3) is 0 Å². The second-order valence-corrected chi connectivity index (χ2v) is 4.88. The summed E-state index contributed by atoms with van der Waals surface area (Å²) in [7, 11) is 0. The van der Waals surface area contributed by atoms with Crippen LogP contribution in [0.2, 0.25) is 0 Å². The van der Waals surface area contributed by atoms with Crippen LogP contribution in [0.1, 0.15) is 38.2 Å². The average molecular weight is 217 g/mol. The van der Waals surface area contributed by atoms with Crippen LogP contribution in [0.15, 0.2) is 30.3 Å². The van der Waals surface area contributed by atoms with Gasteiger partial charge in [-0.25, -0.2) is 0 Å². The predicted octanol–water partition coefficient (Wildman–Crippen LogP) is 3.40. The molecule has 0 bridgehead atoms. The Bertz CT molecular complexity index is 290. The Morgan fingerprint density at radius 2 is 2.00 bits per heavy atom. The van der Waals surface area contributed by atoms with Gasteiger partial charge in [0.2, 0.25) is 0 Å². The Morgan fingerprint density at radius 3 is 2.56 bits per heavy atom. The highest BCUT2D eigenvalue weighted by Gasteiger charge is 2.25. The fourth-order valence-electron chi connectivity index (χ4n) is 2.58. The lowest BCUT2D eigenvalue weighted by atomic mass is 9.78. The highest BCUT2D eigenvalue weighted by molar-refractivity contribution is 5.14.